The van der Waals surface area contributed by atoms with Gasteiger partial charge in [0.05, 0.1) is 0 Å². The number of rotatable bonds is 2. The normalized spacial score (nSPS) is 11.1. The lowest BCUT2D eigenvalue weighted by molar-refractivity contribution is 0.394. The van der Waals surface area contributed by atoms with Crippen LogP contribution in [-0.4, -0.2) is 18.9 Å². The van der Waals surface area contributed by atoms with Crippen LogP contribution in [0.15, 0.2) is 0 Å². The summed E-state index contributed by atoms with van der Waals surface area (Å²) in [5, 5.41) is 0. The maximum atomic E-state index is 8.38. The first-order valence-electron chi connectivity index (χ1n) is 2.36. The third-order valence-electron chi connectivity index (χ3n) is 0.591. The minimum Gasteiger partial charge on any atom is -0.410 e. The Labute approximate surface area is 45.6 Å². The average Bonchev–Trinajstić information content (AvgIpc) is 1.27. The summed E-state index contributed by atoms with van der Waals surface area (Å²) in [4.78, 5) is 16.8. The van der Waals surface area contributed by atoms with E-state index in [0.29, 0.717) is 12.0 Å². The largest absolute Gasteiger partial charge is 0.410 e. The van der Waals surface area contributed by atoms with Crippen LogP contribution in [-0.2, 0) is 0 Å². The van der Waals surface area contributed by atoms with Gasteiger partial charge in [-0.3, -0.25) is 0 Å². The third-order valence-corrected chi connectivity index (χ3v) is 1.77. The molecule has 0 rings (SSSR count). The van der Waals surface area contributed by atoms with Gasteiger partial charge in [0.1, 0.15) is 0 Å². The third kappa shape index (κ3) is 6.14. The average molecular weight is 119 g/mol. The molecule has 3 heteroatoms. The zero-order valence-electron chi connectivity index (χ0n) is 4.68. The standard InChI is InChI=1S/C4H11O2Si/c1-4(2)3-7(5)6/h4-6H,3H2,1-2H3. The van der Waals surface area contributed by atoms with Gasteiger partial charge in [0, 0.05) is 0 Å². The molecular weight excluding hydrogens is 108 g/mol. The lowest BCUT2D eigenvalue weighted by atomic mass is 10.3. The molecule has 0 atom stereocenters. The Hall–Kier alpha value is 0.137. The fraction of sp³-hybridized carbons (Fsp3) is 1.00. The first-order chi connectivity index (χ1) is 3.13. The molecule has 0 saturated heterocycles. The summed E-state index contributed by atoms with van der Waals surface area (Å²) in [6, 6.07) is 0.574. The molecule has 0 spiro atoms. The van der Waals surface area contributed by atoms with Crippen molar-refractivity contribution in [2.24, 2.45) is 5.92 Å². The summed E-state index contributed by atoms with van der Waals surface area (Å²) in [6.07, 6.45) is 0. The van der Waals surface area contributed by atoms with Crippen molar-refractivity contribution in [1.29, 1.82) is 0 Å². The molecule has 0 aromatic carbocycles. The molecule has 0 aliphatic rings. The molecule has 0 aromatic heterocycles. The van der Waals surface area contributed by atoms with Crippen LogP contribution in [0.1, 0.15) is 13.8 Å². The summed E-state index contributed by atoms with van der Waals surface area (Å²) >= 11 is 0. The van der Waals surface area contributed by atoms with Crippen LogP contribution in [0.3, 0.4) is 0 Å². The lowest BCUT2D eigenvalue weighted by Gasteiger charge is -1.99. The van der Waals surface area contributed by atoms with E-state index in [9.17, 15) is 0 Å². The molecule has 1 radical (unpaired) electrons. The highest BCUT2D eigenvalue weighted by Crippen LogP contribution is 1.99. The first-order valence-corrected chi connectivity index (χ1v) is 3.97. The second-order valence-electron chi connectivity index (χ2n) is 2.01. The van der Waals surface area contributed by atoms with Crippen LogP contribution < -0.4 is 0 Å². The molecule has 43 valence electrons. The first kappa shape index (κ1) is 7.14. The maximum Gasteiger partial charge on any atom is 0.379 e. The predicted molar refractivity (Wildman–Crippen MR) is 29.8 cm³/mol. The predicted octanol–water partition coefficient (Wildman–Crippen LogP) is 0.115. The van der Waals surface area contributed by atoms with Crippen molar-refractivity contribution in [2.75, 3.05) is 0 Å². The second kappa shape index (κ2) is 3.18. The highest BCUT2D eigenvalue weighted by molar-refractivity contribution is 6.41. The summed E-state index contributed by atoms with van der Waals surface area (Å²) in [6.45, 7) is 3.94. The Bertz CT molecular complexity index is 39.0. The van der Waals surface area contributed by atoms with Crippen molar-refractivity contribution < 1.29 is 9.59 Å². The molecule has 0 unspecified atom stereocenters. The van der Waals surface area contributed by atoms with E-state index >= 15 is 0 Å². The fourth-order valence-electron chi connectivity index (χ4n) is 0.365. The summed E-state index contributed by atoms with van der Waals surface area (Å²) in [5.74, 6) is 0.420. The van der Waals surface area contributed by atoms with Crippen LogP contribution in [0.4, 0.5) is 0 Å². The molecule has 7 heavy (non-hydrogen) atoms. The quantitative estimate of drug-likeness (QED) is 0.507. The van der Waals surface area contributed by atoms with E-state index in [2.05, 4.69) is 0 Å². The molecule has 0 aromatic rings. The lowest BCUT2D eigenvalue weighted by Crippen LogP contribution is -2.12. The van der Waals surface area contributed by atoms with Crippen LogP contribution in [0.25, 0.3) is 0 Å². The van der Waals surface area contributed by atoms with E-state index in [4.69, 9.17) is 9.59 Å². The molecular formula is C4H11O2Si. The monoisotopic (exact) mass is 119 g/mol. The molecule has 0 bridgehead atoms. The van der Waals surface area contributed by atoms with Gasteiger partial charge in [0.15, 0.2) is 0 Å². The summed E-state index contributed by atoms with van der Waals surface area (Å²) < 4.78 is 0. The molecule has 0 amide bonds. The van der Waals surface area contributed by atoms with Gasteiger partial charge < -0.3 is 9.59 Å². The van der Waals surface area contributed by atoms with E-state index < -0.39 is 9.28 Å². The zero-order chi connectivity index (χ0) is 5.86. The van der Waals surface area contributed by atoms with Crippen molar-refractivity contribution in [3.63, 3.8) is 0 Å². The van der Waals surface area contributed by atoms with E-state index in [1.54, 1.807) is 0 Å². The highest BCUT2D eigenvalue weighted by atomic mass is 28.3. The fourth-order valence-corrected chi connectivity index (χ4v) is 1.10. The van der Waals surface area contributed by atoms with E-state index in [-0.39, 0.29) is 0 Å². The van der Waals surface area contributed by atoms with Gasteiger partial charge in [-0.05, 0) is 12.0 Å². The van der Waals surface area contributed by atoms with E-state index in [1.807, 2.05) is 13.8 Å². The molecule has 0 aliphatic carbocycles. The van der Waals surface area contributed by atoms with Crippen LogP contribution >= 0.6 is 0 Å². The minimum atomic E-state index is -1.93. The van der Waals surface area contributed by atoms with Crippen molar-refractivity contribution in [2.45, 2.75) is 19.9 Å². The Morgan fingerprint density at radius 1 is 1.43 bits per heavy atom. The van der Waals surface area contributed by atoms with Crippen molar-refractivity contribution in [1.82, 2.24) is 0 Å². The van der Waals surface area contributed by atoms with Crippen LogP contribution in [0.5, 0.6) is 0 Å². The van der Waals surface area contributed by atoms with Crippen LogP contribution in [0, 0.1) is 5.92 Å². The van der Waals surface area contributed by atoms with E-state index in [0.717, 1.165) is 0 Å². The van der Waals surface area contributed by atoms with Gasteiger partial charge >= 0.3 is 9.28 Å². The second-order valence-corrected chi connectivity index (χ2v) is 3.25. The Balaban J connectivity index is 2.95. The molecule has 2 N–H and O–H groups in total. The number of hydrogen-bond donors (Lipinski definition) is 2. The minimum absolute atomic E-state index is 0.420. The zero-order valence-corrected chi connectivity index (χ0v) is 5.68. The molecule has 0 heterocycles. The van der Waals surface area contributed by atoms with Crippen molar-refractivity contribution >= 4 is 9.28 Å². The number of hydrogen-bond acceptors (Lipinski definition) is 2. The summed E-state index contributed by atoms with van der Waals surface area (Å²) in [7, 11) is -1.93. The smallest absolute Gasteiger partial charge is 0.379 e. The Morgan fingerprint density at radius 2 is 1.86 bits per heavy atom. The van der Waals surface area contributed by atoms with Gasteiger partial charge in [-0.1, -0.05) is 13.8 Å². The highest BCUT2D eigenvalue weighted by Gasteiger charge is 2.05. The maximum absolute atomic E-state index is 8.38. The van der Waals surface area contributed by atoms with Gasteiger partial charge in [0.25, 0.3) is 0 Å². The SMILES string of the molecule is CC(C)C[Si](O)O. The molecule has 0 aliphatic heterocycles. The molecule has 0 fully saturated rings. The Kier molecular flexibility index (Phi) is 3.24. The van der Waals surface area contributed by atoms with Crippen molar-refractivity contribution in [3.8, 4) is 0 Å². The van der Waals surface area contributed by atoms with Crippen LogP contribution in [0.2, 0.25) is 6.04 Å². The van der Waals surface area contributed by atoms with Gasteiger partial charge in [-0.15, -0.1) is 0 Å². The van der Waals surface area contributed by atoms with Gasteiger partial charge in [-0.25, -0.2) is 0 Å². The molecule has 0 saturated carbocycles. The topological polar surface area (TPSA) is 40.5 Å². The van der Waals surface area contributed by atoms with E-state index in [1.165, 1.54) is 0 Å². The Morgan fingerprint density at radius 3 is 1.86 bits per heavy atom. The van der Waals surface area contributed by atoms with Gasteiger partial charge in [0.2, 0.25) is 0 Å². The molecule has 2 nitrogen and oxygen atoms in total. The summed E-state index contributed by atoms with van der Waals surface area (Å²) in [5.41, 5.74) is 0. The van der Waals surface area contributed by atoms with Gasteiger partial charge in [-0.2, -0.15) is 0 Å². The van der Waals surface area contributed by atoms with Crippen molar-refractivity contribution in [3.05, 3.63) is 0 Å².